The molecule has 0 radical (unpaired) electrons. The van der Waals surface area contributed by atoms with Crippen LogP contribution >= 0.6 is 22.6 Å². The Morgan fingerprint density at radius 3 is 2.64 bits per heavy atom. The van der Waals surface area contributed by atoms with Gasteiger partial charge in [-0.25, -0.2) is 4.79 Å². The standard InChI is InChI=1S/C10H7IO3/c11-8-3-5-9(6-4-8)14-7-1-2-10(12)13/h3-6H,7H2,(H,12,13). The van der Waals surface area contributed by atoms with E-state index in [1.807, 2.05) is 30.2 Å². The molecule has 0 aromatic heterocycles. The highest BCUT2D eigenvalue weighted by Gasteiger charge is 1.91. The molecular formula is C10H7IO3. The monoisotopic (exact) mass is 302 g/mol. The van der Waals surface area contributed by atoms with E-state index in [1.165, 1.54) is 0 Å². The van der Waals surface area contributed by atoms with Crippen LogP contribution in [0.2, 0.25) is 0 Å². The minimum Gasteiger partial charge on any atom is -0.481 e. The van der Waals surface area contributed by atoms with E-state index >= 15 is 0 Å². The highest BCUT2D eigenvalue weighted by atomic mass is 127. The molecule has 0 saturated heterocycles. The van der Waals surface area contributed by atoms with Gasteiger partial charge in [-0.2, -0.15) is 0 Å². The van der Waals surface area contributed by atoms with Crippen molar-refractivity contribution >= 4 is 28.6 Å². The Labute approximate surface area is 95.2 Å². The number of rotatable bonds is 2. The third-order valence-electron chi connectivity index (χ3n) is 1.32. The lowest BCUT2D eigenvalue weighted by molar-refractivity contribution is -0.130. The Morgan fingerprint density at radius 2 is 2.07 bits per heavy atom. The van der Waals surface area contributed by atoms with E-state index in [2.05, 4.69) is 28.5 Å². The highest BCUT2D eigenvalue weighted by molar-refractivity contribution is 14.1. The van der Waals surface area contributed by atoms with E-state index < -0.39 is 5.97 Å². The summed E-state index contributed by atoms with van der Waals surface area (Å²) in [7, 11) is 0. The van der Waals surface area contributed by atoms with Crippen molar-refractivity contribution in [2.75, 3.05) is 6.61 Å². The Bertz CT molecular complexity index is 373. The Balaban J connectivity index is 2.44. The summed E-state index contributed by atoms with van der Waals surface area (Å²) in [5, 5.41) is 8.22. The average Bonchev–Trinajstić information content (AvgIpc) is 2.15. The normalized spacial score (nSPS) is 8.64. The van der Waals surface area contributed by atoms with Gasteiger partial charge in [-0.05, 0) is 52.8 Å². The largest absolute Gasteiger partial charge is 0.481 e. The quantitative estimate of drug-likeness (QED) is 0.669. The van der Waals surface area contributed by atoms with Gasteiger partial charge in [0.25, 0.3) is 0 Å². The second-order valence-electron chi connectivity index (χ2n) is 2.35. The van der Waals surface area contributed by atoms with Crippen LogP contribution in [0, 0.1) is 15.4 Å². The van der Waals surface area contributed by atoms with E-state index in [0.29, 0.717) is 5.75 Å². The molecule has 0 unspecified atom stereocenters. The van der Waals surface area contributed by atoms with Gasteiger partial charge in [0, 0.05) is 9.49 Å². The molecule has 0 spiro atoms. The smallest absolute Gasteiger partial charge is 0.382 e. The molecule has 0 aliphatic rings. The van der Waals surface area contributed by atoms with Crippen LogP contribution in [0.15, 0.2) is 24.3 Å². The molecule has 0 amide bonds. The molecule has 0 fully saturated rings. The molecule has 3 nitrogen and oxygen atoms in total. The van der Waals surface area contributed by atoms with Gasteiger partial charge in [-0.15, -0.1) is 0 Å². The zero-order valence-corrected chi connectivity index (χ0v) is 9.32. The summed E-state index contributed by atoms with van der Waals surface area (Å²) in [4.78, 5) is 10.0. The number of carboxylic acid groups (broad SMARTS) is 1. The van der Waals surface area contributed by atoms with E-state index in [9.17, 15) is 4.79 Å². The van der Waals surface area contributed by atoms with Crippen LogP contribution in [0.5, 0.6) is 5.75 Å². The van der Waals surface area contributed by atoms with Crippen LogP contribution < -0.4 is 4.74 Å². The van der Waals surface area contributed by atoms with Crippen LogP contribution in [-0.4, -0.2) is 17.7 Å². The minimum atomic E-state index is -1.14. The van der Waals surface area contributed by atoms with Crippen molar-refractivity contribution in [2.45, 2.75) is 0 Å². The fourth-order valence-corrected chi connectivity index (χ4v) is 1.12. The first-order valence-corrected chi connectivity index (χ1v) is 4.86. The van der Waals surface area contributed by atoms with Gasteiger partial charge >= 0.3 is 5.97 Å². The zero-order valence-electron chi connectivity index (χ0n) is 7.16. The lowest BCUT2D eigenvalue weighted by Crippen LogP contribution is -1.95. The van der Waals surface area contributed by atoms with Gasteiger partial charge in [-0.1, -0.05) is 0 Å². The zero-order chi connectivity index (χ0) is 10.4. The first-order chi connectivity index (χ1) is 6.68. The second kappa shape index (κ2) is 5.50. The third-order valence-corrected chi connectivity index (χ3v) is 2.04. The van der Waals surface area contributed by atoms with Crippen LogP contribution in [0.4, 0.5) is 0 Å². The maximum absolute atomic E-state index is 10.0. The summed E-state index contributed by atoms with van der Waals surface area (Å²) in [5.74, 6) is 3.88. The van der Waals surface area contributed by atoms with Crippen molar-refractivity contribution in [3.8, 4) is 17.6 Å². The molecule has 72 valence electrons. The first-order valence-electron chi connectivity index (χ1n) is 3.78. The van der Waals surface area contributed by atoms with Crippen LogP contribution in [0.3, 0.4) is 0 Å². The topological polar surface area (TPSA) is 46.5 Å². The van der Waals surface area contributed by atoms with Crippen LogP contribution in [0.1, 0.15) is 0 Å². The van der Waals surface area contributed by atoms with Crippen molar-refractivity contribution in [2.24, 2.45) is 0 Å². The Kier molecular flexibility index (Phi) is 4.26. The summed E-state index contributed by atoms with van der Waals surface area (Å²) >= 11 is 2.19. The number of hydrogen-bond donors (Lipinski definition) is 1. The lowest BCUT2D eigenvalue weighted by Gasteiger charge is -2.00. The van der Waals surface area contributed by atoms with Gasteiger partial charge in [0.05, 0.1) is 0 Å². The average molecular weight is 302 g/mol. The van der Waals surface area contributed by atoms with E-state index in [1.54, 1.807) is 0 Å². The maximum atomic E-state index is 10.0. The van der Waals surface area contributed by atoms with Gasteiger partial charge in [0.1, 0.15) is 12.4 Å². The number of halogens is 1. The van der Waals surface area contributed by atoms with Crippen molar-refractivity contribution in [1.82, 2.24) is 0 Å². The van der Waals surface area contributed by atoms with Crippen molar-refractivity contribution in [3.63, 3.8) is 0 Å². The van der Waals surface area contributed by atoms with Crippen molar-refractivity contribution in [1.29, 1.82) is 0 Å². The lowest BCUT2D eigenvalue weighted by atomic mass is 10.3. The van der Waals surface area contributed by atoms with Gasteiger partial charge in [-0.3, -0.25) is 0 Å². The molecule has 1 aromatic carbocycles. The van der Waals surface area contributed by atoms with E-state index in [4.69, 9.17) is 9.84 Å². The molecule has 4 heteroatoms. The highest BCUT2D eigenvalue weighted by Crippen LogP contribution is 2.12. The summed E-state index contributed by atoms with van der Waals surface area (Å²) in [6.45, 7) is 0.0902. The predicted molar refractivity (Wildman–Crippen MR) is 60.1 cm³/mol. The Hall–Kier alpha value is -1.22. The number of carbonyl (C=O) groups is 1. The molecule has 1 N–H and O–H groups in total. The fourth-order valence-electron chi connectivity index (χ4n) is 0.762. The van der Waals surface area contributed by atoms with Gasteiger partial charge < -0.3 is 9.84 Å². The summed E-state index contributed by atoms with van der Waals surface area (Å²) in [6.07, 6.45) is 0. The second-order valence-corrected chi connectivity index (χ2v) is 3.60. The van der Waals surface area contributed by atoms with E-state index in [-0.39, 0.29) is 6.61 Å². The summed E-state index contributed by atoms with van der Waals surface area (Å²) in [6, 6.07) is 7.43. The third kappa shape index (κ3) is 4.14. The van der Waals surface area contributed by atoms with Gasteiger partial charge in [0.15, 0.2) is 0 Å². The number of benzene rings is 1. The molecule has 14 heavy (non-hydrogen) atoms. The Morgan fingerprint density at radius 1 is 1.43 bits per heavy atom. The SMILES string of the molecule is O=C(O)C#CCOc1ccc(I)cc1. The molecule has 0 heterocycles. The van der Waals surface area contributed by atoms with Crippen LogP contribution in [-0.2, 0) is 4.79 Å². The number of hydrogen-bond acceptors (Lipinski definition) is 2. The molecule has 1 rings (SSSR count). The maximum Gasteiger partial charge on any atom is 0.382 e. The molecule has 0 atom stereocenters. The predicted octanol–water partition coefficient (Wildman–Crippen LogP) is 1.76. The molecule has 0 aliphatic carbocycles. The molecular weight excluding hydrogens is 295 g/mol. The molecule has 0 saturated carbocycles. The summed E-state index contributed by atoms with van der Waals surface area (Å²) in [5.41, 5.74) is 0. The minimum absolute atomic E-state index is 0.0902. The number of ether oxygens (including phenoxy) is 1. The summed E-state index contributed by atoms with van der Waals surface area (Å²) < 4.78 is 6.29. The molecule has 0 bridgehead atoms. The molecule has 1 aromatic rings. The first kappa shape index (κ1) is 10.9. The fraction of sp³-hybridized carbons (Fsp3) is 0.100. The van der Waals surface area contributed by atoms with Gasteiger partial charge in [0.2, 0.25) is 0 Å². The van der Waals surface area contributed by atoms with Crippen LogP contribution in [0.25, 0.3) is 0 Å². The van der Waals surface area contributed by atoms with E-state index in [0.717, 1.165) is 3.57 Å². The molecule has 0 aliphatic heterocycles. The number of aliphatic carboxylic acids is 1. The van der Waals surface area contributed by atoms with Crippen molar-refractivity contribution in [3.05, 3.63) is 27.8 Å². The number of carboxylic acids is 1. The van der Waals surface area contributed by atoms with Crippen molar-refractivity contribution < 1.29 is 14.6 Å².